The molecule has 0 spiro atoms. The van der Waals surface area contributed by atoms with Gasteiger partial charge in [0, 0.05) is 30.7 Å². The molecule has 0 aliphatic carbocycles. The molecular weight excluding hydrogens is 473 g/mol. The minimum absolute atomic E-state index is 0.0939. The number of aromatic nitrogens is 2. The smallest absolute Gasteiger partial charge is 0.232 e. The molecule has 1 aliphatic rings. The van der Waals surface area contributed by atoms with Crippen LogP contribution in [0.1, 0.15) is 18.2 Å². The maximum atomic E-state index is 13.5. The summed E-state index contributed by atoms with van der Waals surface area (Å²) in [6.07, 6.45) is 0.214. The number of halogens is 2. The van der Waals surface area contributed by atoms with Crippen molar-refractivity contribution in [2.45, 2.75) is 12.3 Å². The van der Waals surface area contributed by atoms with Crippen molar-refractivity contribution >= 4 is 27.5 Å². The van der Waals surface area contributed by atoms with Gasteiger partial charge in [0.2, 0.25) is 23.4 Å². The molecule has 1 amide bonds. The Morgan fingerprint density at radius 1 is 1.13 bits per heavy atom. The zero-order chi connectivity index (χ0) is 22.1. The topological polar surface area (TPSA) is 86.9 Å². The third-order valence-electron chi connectivity index (χ3n) is 5.05. The number of carbonyl (C=O) groups excluding carboxylic acids is 1. The average molecular weight is 492 g/mol. The predicted molar refractivity (Wildman–Crippen MR) is 113 cm³/mol. The van der Waals surface area contributed by atoms with Crippen LogP contribution >= 0.6 is 15.9 Å². The van der Waals surface area contributed by atoms with Crippen LogP contribution in [0.2, 0.25) is 0 Å². The molecule has 4 rings (SSSR count). The summed E-state index contributed by atoms with van der Waals surface area (Å²) in [6.45, 7) is 0.353. The van der Waals surface area contributed by atoms with E-state index in [1.54, 1.807) is 29.2 Å². The molecule has 1 fully saturated rings. The van der Waals surface area contributed by atoms with Gasteiger partial charge < -0.3 is 23.6 Å². The van der Waals surface area contributed by atoms with Gasteiger partial charge in [0.05, 0.1) is 37.4 Å². The van der Waals surface area contributed by atoms with Crippen molar-refractivity contribution in [3.8, 4) is 28.6 Å². The molecule has 10 heteroatoms. The third kappa shape index (κ3) is 3.95. The summed E-state index contributed by atoms with van der Waals surface area (Å²) in [7, 11) is 4.55. The second kappa shape index (κ2) is 8.54. The highest BCUT2D eigenvalue weighted by Crippen LogP contribution is 2.43. The van der Waals surface area contributed by atoms with Crippen molar-refractivity contribution in [3.63, 3.8) is 0 Å². The lowest BCUT2D eigenvalue weighted by molar-refractivity contribution is -0.117. The standard InChI is InChI=1S/C21H19BrFN3O5/c1-28-16-8-13(9-17(29-2)19(16)30-3)26-10-12(7-18(26)27)21-24-20(25-31-21)11-4-5-15(23)14(22)6-11/h4-6,8-9,12H,7,10H2,1-3H3. The molecule has 0 radical (unpaired) electrons. The first kappa shape index (κ1) is 21.1. The summed E-state index contributed by atoms with van der Waals surface area (Å²) >= 11 is 3.15. The van der Waals surface area contributed by atoms with Gasteiger partial charge in [-0.2, -0.15) is 4.98 Å². The molecule has 2 aromatic carbocycles. The van der Waals surface area contributed by atoms with Gasteiger partial charge in [-0.15, -0.1) is 0 Å². The van der Waals surface area contributed by atoms with Crippen LogP contribution in [0.4, 0.5) is 10.1 Å². The molecule has 1 saturated heterocycles. The monoisotopic (exact) mass is 491 g/mol. The Labute approximate surface area is 186 Å². The molecule has 2 heterocycles. The zero-order valence-electron chi connectivity index (χ0n) is 17.0. The molecule has 1 aromatic heterocycles. The molecule has 1 aliphatic heterocycles. The van der Waals surface area contributed by atoms with E-state index in [-0.39, 0.29) is 24.1 Å². The first-order valence-electron chi connectivity index (χ1n) is 9.34. The normalized spacial score (nSPS) is 16.0. The number of nitrogens with zero attached hydrogens (tertiary/aromatic N) is 3. The molecule has 31 heavy (non-hydrogen) atoms. The van der Waals surface area contributed by atoms with E-state index in [0.29, 0.717) is 51.2 Å². The summed E-state index contributed by atoms with van der Waals surface area (Å²) < 4.78 is 35.3. The summed E-state index contributed by atoms with van der Waals surface area (Å²) in [5.74, 6) is 1.28. The number of benzene rings is 2. The van der Waals surface area contributed by atoms with Crippen molar-refractivity contribution in [3.05, 3.63) is 46.5 Å². The Morgan fingerprint density at radius 2 is 1.84 bits per heavy atom. The average Bonchev–Trinajstić information content (AvgIpc) is 3.41. The Morgan fingerprint density at radius 3 is 2.45 bits per heavy atom. The van der Waals surface area contributed by atoms with Crippen LogP contribution in [-0.4, -0.2) is 43.9 Å². The third-order valence-corrected chi connectivity index (χ3v) is 5.66. The largest absolute Gasteiger partial charge is 0.493 e. The summed E-state index contributed by atoms with van der Waals surface area (Å²) in [6, 6.07) is 7.90. The number of methoxy groups -OCH3 is 3. The van der Waals surface area contributed by atoms with Gasteiger partial charge in [0.15, 0.2) is 11.5 Å². The predicted octanol–water partition coefficient (Wildman–Crippen LogP) is 4.18. The van der Waals surface area contributed by atoms with Crippen LogP contribution in [0.5, 0.6) is 17.2 Å². The van der Waals surface area contributed by atoms with Crippen molar-refractivity contribution < 1.29 is 27.9 Å². The number of rotatable bonds is 6. The zero-order valence-corrected chi connectivity index (χ0v) is 18.6. The highest BCUT2D eigenvalue weighted by Gasteiger charge is 2.36. The summed E-state index contributed by atoms with van der Waals surface area (Å²) in [5, 5.41) is 3.99. The number of anilines is 1. The molecule has 8 nitrogen and oxygen atoms in total. The number of ether oxygens (including phenoxy) is 3. The maximum Gasteiger partial charge on any atom is 0.232 e. The van der Waals surface area contributed by atoms with Gasteiger partial charge in [-0.05, 0) is 34.1 Å². The van der Waals surface area contributed by atoms with Gasteiger partial charge in [0.1, 0.15) is 5.82 Å². The van der Waals surface area contributed by atoms with E-state index >= 15 is 0 Å². The molecule has 3 aromatic rings. The van der Waals surface area contributed by atoms with Crippen molar-refractivity contribution in [1.82, 2.24) is 10.1 Å². The lowest BCUT2D eigenvalue weighted by Crippen LogP contribution is -2.24. The van der Waals surface area contributed by atoms with Crippen molar-refractivity contribution in [1.29, 1.82) is 0 Å². The molecule has 0 N–H and O–H groups in total. The maximum absolute atomic E-state index is 13.5. The highest BCUT2D eigenvalue weighted by atomic mass is 79.9. The van der Waals surface area contributed by atoms with Gasteiger partial charge in [0.25, 0.3) is 0 Å². The quantitative estimate of drug-likeness (QED) is 0.510. The molecule has 0 bridgehead atoms. The van der Waals surface area contributed by atoms with Crippen LogP contribution in [0, 0.1) is 5.82 Å². The van der Waals surface area contributed by atoms with Crippen LogP contribution in [-0.2, 0) is 4.79 Å². The van der Waals surface area contributed by atoms with E-state index in [9.17, 15) is 9.18 Å². The minimum atomic E-state index is -0.380. The molecule has 1 atom stereocenters. The van der Waals surface area contributed by atoms with Gasteiger partial charge in [-0.3, -0.25) is 4.79 Å². The number of amides is 1. The second-order valence-corrected chi connectivity index (χ2v) is 7.73. The van der Waals surface area contributed by atoms with Gasteiger partial charge in [-0.1, -0.05) is 5.16 Å². The Balaban J connectivity index is 1.59. The Bertz CT molecular complexity index is 1110. The van der Waals surface area contributed by atoms with E-state index in [1.165, 1.54) is 27.4 Å². The molecule has 0 saturated carbocycles. The first-order valence-corrected chi connectivity index (χ1v) is 10.1. The van der Waals surface area contributed by atoms with Crippen LogP contribution < -0.4 is 19.1 Å². The van der Waals surface area contributed by atoms with Gasteiger partial charge >= 0.3 is 0 Å². The molecule has 1 unspecified atom stereocenters. The minimum Gasteiger partial charge on any atom is -0.493 e. The first-order chi connectivity index (χ1) is 14.9. The lowest BCUT2D eigenvalue weighted by atomic mass is 10.1. The van der Waals surface area contributed by atoms with Crippen LogP contribution in [0.25, 0.3) is 11.4 Å². The highest BCUT2D eigenvalue weighted by molar-refractivity contribution is 9.10. The number of hydrogen-bond acceptors (Lipinski definition) is 7. The molecular formula is C21H19BrFN3O5. The Kier molecular flexibility index (Phi) is 5.81. The fourth-order valence-electron chi connectivity index (χ4n) is 3.50. The lowest BCUT2D eigenvalue weighted by Gasteiger charge is -2.20. The summed E-state index contributed by atoms with van der Waals surface area (Å²) in [4.78, 5) is 18.8. The van der Waals surface area contributed by atoms with E-state index in [2.05, 4.69) is 26.1 Å². The van der Waals surface area contributed by atoms with Crippen molar-refractivity contribution in [2.24, 2.45) is 0 Å². The van der Waals surface area contributed by atoms with Crippen LogP contribution in [0.3, 0.4) is 0 Å². The van der Waals surface area contributed by atoms with E-state index in [1.807, 2.05) is 0 Å². The second-order valence-electron chi connectivity index (χ2n) is 6.87. The van der Waals surface area contributed by atoms with Crippen LogP contribution in [0.15, 0.2) is 39.3 Å². The van der Waals surface area contributed by atoms with Gasteiger partial charge in [-0.25, -0.2) is 4.39 Å². The molecule has 162 valence electrons. The number of hydrogen-bond donors (Lipinski definition) is 0. The Hall–Kier alpha value is -3.14. The van der Waals surface area contributed by atoms with E-state index in [4.69, 9.17) is 18.7 Å². The van der Waals surface area contributed by atoms with E-state index in [0.717, 1.165) is 0 Å². The SMILES string of the molecule is COc1cc(N2CC(c3nc(-c4ccc(F)c(Br)c4)no3)CC2=O)cc(OC)c1OC. The van der Waals surface area contributed by atoms with E-state index < -0.39 is 0 Å². The number of carbonyl (C=O) groups is 1. The summed E-state index contributed by atoms with van der Waals surface area (Å²) in [5.41, 5.74) is 1.22. The fraction of sp³-hybridized carbons (Fsp3) is 0.286. The fourth-order valence-corrected chi connectivity index (χ4v) is 3.88. The van der Waals surface area contributed by atoms with Crippen molar-refractivity contribution in [2.75, 3.05) is 32.8 Å².